The first-order chi connectivity index (χ1) is 17.0. The molecule has 0 spiro atoms. The monoisotopic (exact) mass is 480 g/mol. The number of carbonyl (C=O) groups excluding carboxylic acids is 1. The number of methoxy groups -OCH3 is 3. The van der Waals surface area contributed by atoms with Gasteiger partial charge in [0.2, 0.25) is 5.76 Å². The lowest BCUT2D eigenvalue weighted by atomic mass is 9.98. The number of rotatable bonds is 7. The maximum absolute atomic E-state index is 13.7. The quantitative estimate of drug-likeness (QED) is 0.510. The summed E-state index contributed by atoms with van der Waals surface area (Å²) in [5.41, 5.74) is 1.17. The van der Waals surface area contributed by atoms with Crippen LogP contribution in [0.5, 0.6) is 17.2 Å². The molecule has 9 heteroatoms. The summed E-state index contributed by atoms with van der Waals surface area (Å²) in [5, 5.41) is 0.401. The fourth-order valence-electron chi connectivity index (χ4n) is 4.80. The van der Waals surface area contributed by atoms with Gasteiger partial charge >= 0.3 is 0 Å². The minimum atomic E-state index is -0.610. The van der Waals surface area contributed by atoms with Crippen LogP contribution in [-0.2, 0) is 4.74 Å². The largest absolute Gasteiger partial charge is 0.497 e. The predicted octanol–water partition coefficient (Wildman–Crippen LogP) is 2.70. The summed E-state index contributed by atoms with van der Waals surface area (Å²) >= 11 is 0. The Morgan fingerprint density at radius 1 is 0.914 bits per heavy atom. The topological polar surface area (TPSA) is 90.7 Å². The van der Waals surface area contributed by atoms with Gasteiger partial charge in [-0.3, -0.25) is 14.5 Å². The maximum atomic E-state index is 13.7. The summed E-state index contributed by atoms with van der Waals surface area (Å²) in [6.07, 6.45) is 0. The smallest absolute Gasteiger partial charge is 0.290 e. The number of ether oxygens (including phenoxy) is 4. The molecule has 1 fully saturated rings. The van der Waals surface area contributed by atoms with Gasteiger partial charge in [-0.1, -0.05) is 6.07 Å². The highest BCUT2D eigenvalue weighted by Gasteiger charge is 2.43. The fourth-order valence-corrected chi connectivity index (χ4v) is 4.80. The van der Waals surface area contributed by atoms with E-state index in [0.717, 1.165) is 18.7 Å². The highest BCUT2D eigenvalue weighted by Crippen LogP contribution is 2.41. The Hall–Kier alpha value is -3.56. The van der Waals surface area contributed by atoms with Crippen LogP contribution >= 0.6 is 0 Å². The number of carbonyl (C=O) groups is 1. The van der Waals surface area contributed by atoms with E-state index in [4.69, 9.17) is 23.4 Å². The van der Waals surface area contributed by atoms with Crippen LogP contribution in [0.1, 0.15) is 27.7 Å². The molecule has 0 saturated carbocycles. The number of benzene rings is 2. The molecule has 0 N–H and O–H groups in total. The lowest BCUT2D eigenvalue weighted by Crippen LogP contribution is -2.42. The number of morpholine rings is 1. The zero-order valence-electron chi connectivity index (χ0n) is 20.0. The van der Waals surface area contributed by atoms with Crippen LogP contribution in [0.4, 0.5) is 0 Å². The van der Waals surface area contributed by atoms with E-state index in [1.54, 1.807) is 43.4 Å². The summed E-state index contributed by atoms with van der Waals surface area (Å²) in [7, 11) is 4.66. The third-order valence-corrected chi connectivity index (χ3v) is 6.66. The second kappa shape index (κ2) is 9.59. The first-order valence-corrected chi connectivity index (χ1v) is 11.5. The van der Waals surface area contributed by atoms with Gasteiger partial charge in [0.15, 0.2) is 16.9 Å². The zero-order valence-corrected chi connectivity index (χ0v) is 20.0. The second-order valence-electron chi connectivity index (χ2n) is 8.51. The molecule has 3 heterocycles. The van der Waals surface area contributed by atoms with Gasteiger partial charge in [0.25, 0.3) is 5.91 Å². The normalized spacial score (nSPS) is 18.1. The molecule has 9 nitrogen and oxygen atoms in total. The number of nitrogens with zero attached hydrogens (tertiary/aromatic N) is 2. The van der Waals surface area contributed by atoms with Crippen molar-refractivity contribution in [2.75, 3.05) is 60.7 Å². The molecular weight excluding hydrogens is 452 g/mol. The molecule has 0 unspecified atom stereocenters. The molecule has 3 aromatic rings. The molecule has 0 radical (unpaired) electrons. The Bertz CT molecular complexity index is 1310. The molecule has 1 amide bonds. The Balaban J connectivity index is 1.62. The Kier molecular flexibility index (Phi) is 6.36. The summed E-state index contributed by atoms with van der Waals surface area (Å²) in [6.45, 7) is 4.03. The van der Waals surface area contributed by atoms with E-state index >= 15 is 0 Å². The number of fused-ring (bicyclic) bond motifs is 2. The van der Waals surface area contributed by atoms with Crippen molar-refractivity contribution >= 4 is 16.9 Å². The molecule has 1 saturated heterocycles. The van der Waals surface area contributed by atoms with E-state index in [9.17, 15) is 9.59 Å². The highest BCUT2D eigenvalue weighted by molar-refractivity contribution is 5.99. The molecule has 1 atom stereocenters. The van der Waals surface area contributed by atoms with Crippen LogP contribution < -0.4 is 19.6 Å². The van der Waals surface area contributed by atoms with Crippen molar-refractivity contribution in [3.8, 4) is 17.2 Å². The van der Waals surface area contributed by atoms with E-state index in [0.29, 0.717) is 60.1 Å². The Labute approximate surface area is 202 Å². The van der Waals surface area contributed by atoms with Crippen LogP contribution in [0, 0.1) is 0 Å². The van der Waals surface area contributed by atoms with Crippen molar-refractivity contribution in [3.63, 3.8) is 0 Å². The van der Waals surface area contributed by atoms with Gasteiger partial charge in [-0.25, -0.2) is 0 Å². The lowest BCUT2D eigenvalue weighted by molar-refractivity contribution is 0.0314. The van der Waals surface area contributed by atoms with Gasteiger partial charge in [0, 0.05) is 32.2 Å². The van der Waals surface area contributed by atoms with Crippen LogP contribution in [0.2, 0.25) is 0 Å². The molecule has 2 aliphatic heterocycles. The standard InChI is InChI=1S/C26H28N2O7/c1-31-17-5-6-18-20(15-17)35-25-22(24(18)29)23(16-4-7-19(32-2)21(14-16)33-3)28(26(25)30)9-8-27-10-12-34-13-11-27/h4-7,14-15,23H,8-13H2,1-3H3/t23-/m0/s1. The van der Waals surface area contributed by atoms with Crippen LogP contribution in [-0.4, -0.2) is 76.4 Å². The van der Waals surface area contributed by atoms with Gasteiger partial charge in [0.05, 0.1) is 51.5 Å². The summed E-state index contributed by atoms with van der Waals surface area (Å²) in [4.78, 5) is 31.3. The highest BCUT2D eigenvalue weighted by atomic mass is 16.5. The molecular formula is C26H28N2O7. The van der Waals surface area contributed by atoms with Gasteiger partial charge in [-0.2, -0.15) is 0 Å². The molecule has 0 bridgehead atoms. The van der Waals surface area contributed by atoms with Crippen molar-refractivity contribution in [2.45, 2.75) is 6.04 Å². The maximum Gasteiger partial charge on any atom is 0.290 e. The lowest BCUT2D eigenvalue weighted by Gasteiger charge is -2.31. The minimum absolute atomic E-state index is 0.0671. The number of hydrogen-bond acceptors (Lipinski definition) is 8. The van der Waals surface area contributed by atoms with E-state index in [1.165, 1.54) is 7.11 Å². The van der Waals surface area contributed by atoms with Crippen LogP contribution in [0.3, 0.4) is 0 Å². The second-order valence-corrected chi connectivity index (χ2v) is 8.51. The summed E-state index contributed by atoms with van der Waals surface area (Å²) < 4.78 is 27.7. The average Bonchev–Trinajstić information content (AvgIpc) is 3.18. The SMILES string of the molecule is COc1ccc2c(=O)c3c(oc2c1)C(=O)N(CCN1CCOCC1)[C@H]3c1ccc(OC)c(OC)c1. The molecule has 1 aromatic heterocycles. The molecule has 2 aromatic carbocycles. The van der Waals surface area contributed by atoms with Gasteiger partial charge in [-0.15, -0.1) is 0 Å². The van der Waals surface area contributed by atoms with E-state index in [1.807, 2.05) is 12.1 Å². The first-order valence-electron chi connectivity index (χ1n) is 11.5. The van der Waals surface area contributed by atoms with Crippen LogP contribution in [0.25, 0.3) is 11.0 Å². The summed E-state index contributed by atoms with van der Waals surface area (Å²) in [6, 6.07) is 9.85. The van der Waals surface area contributed by atoms with Crippen molar-refractivity contribution in [3.05, 3.63) is 63.5 Å². The molecule has 0 aliphatic carbocycles. The average molecular weight is 481 g/mol. The molecule has 35 heavy (non-hydrogen) atoms. The first kappa shape index (κ1) is 23.2. The molecule has 184 valence electrons. The predicted molar refractivity (Wildman–Crippen MR) is 129 cm³/mol. The van der Waals surface area contributed by atoms with Crippen LogP contribution in [0.15, 0.2) is 45.6 Å². The third-order valence-electron chi connectivity index (χ3n) is 6.66. The van der Waals surface area contributed by atoms with Crippen molar-refractivity contribution in [1.29, 1.82) is 0 Å². The van der Waals surface area contributed by atoms with Gasteiger partial charge in [-0.05, 0) is 29.8 Å². The fraction of sp³-hybridized carbons (Fsp3) is 0.385. The minimum Gasteiger partial charge on any atom is -0.497 e. The molecule has 5 rings (SSSR count). The number of amides is 1. The Morgan fingerprint density at radius 3 is 2.40 bits per heavy atom. The summed E-state index contributed by atoms with van der Waals surface area (Å²) in [5.74, 6) is 1.39. The number of hydrogen-bond donors (Lipinski definition) is 0. The van der Waals surface area contributed by atoms with Crippen molar-refractivity contribution < 1.29 is 28.2 Å². The Morgan fingerprint density at radius 2 is 1.69 bits per heavy atom. The van der Waals surface area contributed by atoms with Crippen molar-refractivity contribution in [2.24, 2.45) is 0 Å². The zero-order chi connectivity index (χ0) is 24.5. The van der Waals surface area contributed by atoms with E-state index in [2.05, 4.69) is 4.90 Å². The van der Waals surface area contributed by atoms with E-state index in [-0.39, 0.29) is 17.1 Å². The third kappa shape index (κ3) is 4.11. The van der Waals surface area contributed by atoms with Gasteiger partial charge in [0.1, 0.15) is 11.3 Å². The van der Waals surface area contributed by atoms with E-state index < -0.39 is 6.04 Å². The molecule has 2 aliphatic rings. The van der Waals surface area contributed by atoms with Crippen molar-refractivity contribution in [1.82, 2.24) is 9.80 Å². The van der Waals surface area contributed by atoms with Gasteiger partial charge < -0.3 is 28.3 Å².